The maximum absolute atomic E-state index is 12.9. The van der Waals surface area contributed by atoms with Crippen LogP contribution in [0.2, 0.25) is 0 Å². The summed E-state index contributed by atoms with van der Waals surface area (Å²) >= 11 is 0. The van der Waals surface area contributed by atoms with Crippen LogP contribution in [0.5, 0.6) is 11.5 Å². The number of carbonyl (C=O) groups excluding carboxylic acids is 1. The second-order valence-corrected chi connectivity index (χ2v) is 9.98. The zero-order valence-electron chi connectivity index (χ0n) is 16.7. The van der Waals surface area contributed by atoms with E-state index in [1.807, 2.05) is 32.0 Å². The van der Waals surface area contributed by atoms with E-state index in [0.29, 0.717) is 31.1 Å². The summed E-state index contributed by atoms with van der Waals surface area (Å²) < 4.78 is 34.0. The second kappa shape index (κ2) is 8.06. The highest BCUT2D eigenvalue weighted by Gasteiger charge is 2.48. The minimum absolute atomic E-state index is 0.286. The molecule has 0 saturated carbocycles. The molecule has 2 rings (SSSR count). The first-order chi connectivity index (χ1) is 12.6. The van der Waals surface area contributed by atoms with Crippen molar-refractivity contribution in [2.75, 3.05) is 40.1 Å². The van der Waals surface area contributed by atoms with E-state index >= 15 is 0 Å². The number of ether oxygens (including phenoxy) is 2. The molecule has 0 unspecified atom stereocenters. The predicted molar refractivity (Wildman–Crippen MR) is 105 cm³/mol. The first kappa shape index (κ1) is 21.5. The number of benzene rings is 1. The molecule has 1 heterocycles. The number of hydrogen-bond donors (Lipinski definition) is 2. The van der Waals surface area contributed by atoms with E-state index in [-0.39, 0.29) is 12.8 Å². The minimum atomic E-state index is -3.53. The summed E-state index contributed by atoms with van der Waals surface area (Å²) in [5.41, 5.74) is 0.542. The summed E-state index contributed by atoms with van der Waals surface area (Å²) in [6, 6.07) is 5.62. The van der Waals surface area contributed by atoms with Gasteiger partial charge in [0, 0.05) is 18.2 Å². The molecule has 1 aliphatic rings. The van der Waals surface area contributed by atoms with E-state index in [4.69, 9.17) is 9.47 Å². The van der Waals surface area contributed by atoms with Gasteiger partial charge >= 0.3 is 0 Å². The lowest BCUT2D eigenvalue weighted by molar-refractivity contribution is -0.124. The maximum Gasteiger partial charge on any atom is 0.241 e. The molecule has 2 N–H and O–H groups in total. The van der Waals surface area contributed by atoms with E-state index in [2.05, 4.69) is 10.6 Å². The average molecular weight is 399 g/mol. The number of rotatable bonds is 7. The third-order valence-electron chi connectivity index (χ3n) is 5.39. The molecule has 0 bridgehead atoms. The molecule has 1 fully saturated rings. The van der Waals surface area contributed by atoms with E-state index < -0.39 is 25.9 Å². The number of nitrogens with one attached hydrogen (secondary N) is 2. The molecule has 1 amide bonds. The van der Waals surface area contributed by atoms with Gasteiger partial charge in [0.05, 0.1) is 14.2 Å². The Balaban J connectivity index is 2.19. The first-order valence-electron chi connectivity index (χ1n) is 8.98. The molecule has 0 spiro atoms. The highest BCUT2D eigenvalue weighted by atomic mass is 32.2. The molecule has 7 nitrogen and oxygen atoms in total. The number of carbonyl (C=O) groups is 1. The van der Waals surface area contributed by atoms with Crippen LogP contribution in [0, 0.1) is 0 Å². The zero-order chi connectivity index (χ0) is 20.3. The predicted octanol–water partition coefficient (Wildman–Crippen LogP) is 1.26. The van der Waals surface area contributed by atoms with Crippen molar-refractivity contribution in [2.24, 2.45) is 0 Å². The number of sulfone groups is 1. The van der Waals surface area contributed by atoms with Crippen LogP contribution in [0.15, 0.2) is 18.2 Å². The lowest BCUT2D eigenvalue weighted by atomic mass is 9.84. The van der Waals surface area contributed by atoms with Gasteiger partial charge in [-0.3, -0.25) is 4.79 Å². The Kier molecular flexibility index (Phi) is 6.42. The maximum atomic E-state index is 12.9. The summed E-state index contributed by atoms with van der Waals surface area (Å²) in [5, 5.41) is 6.00. The van der Waals surface area contributed by atoms with Gasteiger partial charge in [0.2, 0.25) is 5.91 Å². The number of methoxy groups -OCH3 is 2. The van der Waals surface area contributed by atoms with Crippen LogP contribution in [0.3, 0.4) is 0 Å². The van der Waals surface area contributed by atoms with Gasteiger partial charge in [-0.05, 0) is 43.6 Å². The Bertz CT molecular complexity index is 783. The lowest BCUT2D eigenvalue weighted by Crippen LogP contribution is -2.58. The molecule has 0 aromatic heterocycles. The van der Waals surface area contributed by atoms with E-state index in [0.717, 1.165) is 11.8 Å². The quantitative estimate of drug-likeness (QED) is 0.718. The van der Waals surface area contributed by atoms with Gasteiger partial charge in [0.25, 0.3) is 0 Å². The Labute approximate surface area is 161 Å². The van der Waals surface area contributed by atoms with Crippen LogP contribution < -0.4 is 20.1 Å². The molecule has 0 aliphatic carbocycles. The van der Waals surface area contributed by atoms with Crippen LogP contribution >= 0.6 is 0 Å². The van der Waals surface area contributed by atoms with Gasteiger partial charge in [0.15, 0.2) is 26.1 Å². The van der Waals surface area contributed by atoms with E-state index in [9.17, 15) is 13.2 Å². The van der Waals surface area contributed by atoms with Gasteiger partial charge in [-0.2, -0.15) is 0 Å². The fraction of sp³-hybridized carbons (Fsp3) is 0.632. The molecule has 0 radical (unpaired) electrons. The standard InChI is InChI=1S/C19H30N2O5S/c1-18(2,14-6-7-15(25-3)16(12-14)26-4)13-21-17(22)19(27(5,23)24)8-10-20-11-9-19/h6-7,12,20H,8-11,13H2,1-5H3,(H,21,22). The SMILES string of the molecule is COc1ccc(C(C)(C)CNC(=O)C2(S(C)(=O)=O)CCNCC2)cc1OC. The Morgan fingerprint density at radius 2 is 1.78 bits per heavy atom. The summed E-state index contributed by atoms with van der Waals surface area (Å²) in [7, 11) is -0.379. The molecule has 152 valence electrons. The van der Waals surface area contributed by atoms with Gasteiger partial charge < -0.3 is 20.1 Å². The van der Waals surface area contributed by atoms with Crippen LogP contribution in [0.1, 0.15) is 32.3 Å². The monoisotopic (exact) mass is 398 g/mol. The zero-order valence-corrected chi connectivity index (χ0v) is 17.5. The molecular weight excluding hydrogens is 368 g/mol. The van der Waals surface area contributed by atoms with Crippen molar-refractivity contribution in [1.82, 2.24) is 10.6 Å². The molecule has 0 atom stereocenters. The summed E-state index contributed by atoms with van der Waals surface area (Å²) in [4.78, 5) is 12.9. The van der Waals surface area contributed by atoms with E-state index in [1.54, 1.807) is 14.2 Å². The van der Waals surface area contributed by atoms with Crippen molar-refractivity contribution >= 4 is 15.7 Å². The van der Waals surface area contributed by atoms with Crippen molar-refractivity contribution in [2.45, 2.75) is 36.9 Å². The molecule has 1 saturated heterocycles. The Morgan fingerprint density at radius 1 is 1.19 bits per heavy atom. The second-order valence-electron chi connectivity index (χ2n) is 7.65. The van der Waals surface area contributed by atoms with Crippen molar-refractivity contribution < 1.29 is 22.7 Å². The lowest BCUT2D eigenvalue weighted by Gasteiger charge is -2.36. The average Bonchev–Trinajstić information content (AvgIpc) is 2.65. The molecule has 8 heteroatoms. The van der Waals surface area contributed by atoms with Crippen molar-refractivity contribution in [3.63, 3.8) is 0 Å². The van der Waals surface area contributed by atoms with Crippen molar-refractivity contribution in [3.8, 4) is 11.5 Å². The van der Waals surface area contributed by atoms with Crippen molar-refractivity contribution in [3.05, 3.63) is 23.8 Å². The number of hydrogen-bond acceptors (Lipinski definition) is 6. The largest absolute Gasteiger partial charge is 0.493 e. The van der Waals surface area contributed by atoms with E-state index in [1.165, 1.54) is 0 Å². The highest BCUT2D eigenvalue weighted by molar-refractivity contribution is 7.92. The minimum Gasteiger partial charge on any atom is -0.493 e. The molecular formula is C19H30N2O5S. The third-order valence-corrected chi connectivity index (χ3v) is 7.40. The fourth-order valence-corrected chi connectivity index (χ4v) is 4.77. The van der Waals surface area contributed by atoms with Crippen LogP contribution in [-0.4, -0.2) is 59.2 Å². The Hall–Kier alpha value is -1.80. The van der Waals surface area contributed by atoms with Crippen LogP contribution in [-0.2, 0) is 20.0 Å². The summed E-state index contributed by atoms with van der Waals surface area (Å²) in [5.74, 6) is 0.826. The first-order valence-corrected chi connectivity index (χ1v) is 10.9. The Morgan fingerprint density at radius 3 is 2.30 bits per heavy atom. The molecule has 1 aliphatic heterocycles. The molecule has 27 heavy (non-hydrogen) atoms. The summed E-state index contributed by atoms with van der Waals surface area (Å²) in [6.45, 7) is 5.32. The smallest absolute Gasteiger partial charge is 0.241 e. The van der Waals surface area contributed by atoms with Crippen LogP contribution in [0.4, 0.5) is 0 Å². The van der Waals surface area contributed by atoms with Gasteiger partial charge in [-0.1, -0.05) is 19.9 Å². The van der Waals surface area contributed by atoms with Gasteiger partial charge in [0.1, 0.15) is 0 Å². The topological polar surface area (TPSA) is 93.7 Å². The molecule has 1 aromatic carbocycles. The number of amides is 1. The normalized spacial score (nSPS) is 17.2. The van der Waals surface area contributed by atoms with Crippen LogP contribution in [0.25, 0.3) is 0 Å². The van der Waals surface area contributed by atoms with Crippen molar-refractivity contribution in [1.29, 1.82) is 0 Å². The van der Waals surface area contributed by atoms with Gasteiger partial charge in [-0.15, -0.1) is 0 Å². The number of piperidine rings is 1. The fourth-order valence-electron chi connectivity index (χ4n) is 3.42. The van der Waals surface area contributed by atoms with Gasteiger partial charge in [-0.25, -0.2) is 8.42 Å². The molecule has 1 aromatic rings. The summed E-state index contributed by atoms with van der Waals surface area (Å²) in [6.07, 6.45) is 1.72. The highest BCUT2D eigenvalue weighted by Crippen LogP contribution is 2.33. The third kappa shape index (κ3) is 4.38.